The predicted molar refractivity (Wildman–Crippen MR) is 90.2 cm³/mol. The van der Waals surface area contributed by atoms with Gasteiger partial charge in [-0.2, -0.15) is 0 Å². The number of rotatable bonds is 5. The minimum absolute atomic E-state index is 0.368. The maximum atomic E-state index is 6.08. The largest absolute Gasteiger partial charge is 0.495 e. The number of methoxy groups -OCH3 is 2. The van der Waals surface area contributed by atoms with Crippen LogP contribution < -0.4 is 20.5 Å². The Bertz CT molecular complexity index is 659. The second-order valence-corrected chi connectivity index (χ2v) is 5.10. The van der Waals surface area contributed by atoms with Crippen LogP contribution in [-0.4, -0.2) is 19.2 Å². The smallest absolute Gasteiger partial charge is 0.144 e. The van der Waals surface area contributed by atoms with E-state index in [2.05, 4.69) is 5.32 Å². The van der Waals surface area contributed by atoms with Gasteiger partial charge in [-0.1, -0.05) is 23.8 Å². The Hall–Kier alpha value is -1.98. The number of benzene rings is 2. The van der Waals surface area contributed by atoms with E-state index in [1.165, 1.54) is 0 Å². The van der Waals surface area contributed by atoms with Crippen LogP contribution in [0.3, 0.4) is 0 Å². The summed E-state index contributed by atoms with van der Waals surface area (Å²) in [4.78, 5) is 0.368. The molecule has 0 bridgehead atoms. The van der Waals surface area contributed by atoms with Crippen molar-refractivity contribution >= 4 is 40.2 Å². The molecule has 0 aliphatic carbocycles. The number of ether oxygens (including phenoxy) is 2. The number of anilines is 2. The predicted octanol–water partition coefficient (Wildman–Crippen LogP) is 3.74. The minimum Gasteiger partial charge on any atom is -0.495 e. The van der Waals surface area contributed by atoms with Crippen molar-refractivity contribution in [2.24, 2.45) is 5.73 Å². The Morgan fingerprint density at radius 3 is 2.24 bits per heavy atom. The van der Waals surface area contributed by atoms with Crippen LogP contribution in [0.15, 0.2) is 36.4 Å². The molecule has 2 aromatic rings. The molecule has 0 radical (unpaired) electrons. The molecule has 4 nitrogen and oxygen atoms in total. The third-order valence-electron chi connectivity index (χ3n) is 2.92. The van der Waals surface area contributed by atoms with Crippen molar-refractivity contribution in [2.45, 2.75) is 0 Å². The van der Waals surface area contributed by atoms with E-state index in [0.717, 1.165) is 16.9 Å². The molecule has 0 aliphatic rings. The van der Waals surface area contributed by atoms with Crippen LogP contribution in [-0.2, 0) is 0 Å². The summed E-state index contributed by atoms with van der Waals surface area (Å²) in [5, 5.41) is 3.73. The highest BCUT2D eigenvalue weighted by atomic mass is 35.5. The van der Waals surface area contributed by atoms with E-state index >= 15 is 0 Å². The van der Waals surface area contributed by atoms with Crippen molar-refractivity contribution in [3.8, 4) is 11.5 Å². The summed E-state index contributed by atoms with van der Waals surface area (Å²) in [5.74, 6) is 1.19. The maximum Gasteiger partial charge on any atom is 0.144 e. The lowest BCUT2D eigenvalue weighted by Gasteiger charge is -2.14. The highest BCUT2D eigenvalue weighted by molar-refractivity contribution is 7.80. The van der Waals surface area contributed by atoms with E-state index in [0.29, 0.717) is 21.5 Å². The summed E-state index contributed by atoms with van der Waals surface area (Å²) >= 11 is 11.0. The van der Waals surface area contributed by atoms with Gasteiger partial charge in [0, 0.05) is 23.4 Å². The first-order valence-electron chi connectivity index (χ1n) is 6.13. The van der Waals surface area contributed by atoms with Gasteiger partial charge >= 0.3 is 0 Å². The molecule has 6 heteroatoms. The Morgan fingerprint density at radius 2 is 1.71 bits per heavy atom. The summed E-state index contributed by atoms with van der Waals surface area (Å²) in [7, 11) is 3.15. The summed E-state index contributed by atoms with van der Waals surface area (Å²) in [5.41, 5.74) is 8.02. The fraction of sp³-hybridized carbons (Fsp3) is 0.133. The van der Waals surface area contributed by atoms with Crippen molar-refractivity contribution in [1.29, 1.82) is 0 Å². The molecule has 0 aliphatic heterocycles. The Balaban J connectivity index is 2.31. The van der Waals surface area contributed by atoms with Crippen molar-refractivity contribution in [1.82, 2.24) is 0 Å². The fourth-order valence-corrected chi connectivity index (χ4v) is 2.20. The van der Waals surface area contributed by atoms with Gasteiger partial charge in [-0.05, 0) is 24.3 Å². The quantitative estimate of drug-likeness (QED) is 0.821. The van der Waals surface area contributed by atoms with Gasteiger partial charge < -0.3 is 20.5 Å². The molecular weight excluding hydrogens is 308 g/mol. The van der Waals surface area contributed by atoms with Crippen LogP contribution in [0.2, 0.25) is 5.02 Å². The lowest BCUT2D eigenvalue weighted by molar-refractivity contribution is 0.405. The van der Waals surface area contributed by atoms with Gasteiger partial charge in [0.05, 0.1) is 24.9 Å². The van der Waals surface area contributed by atoms with E-state index in [-0.39, 0.29) is 0 Å². The van der Waals surface area contributed by atoms with Crippen molar-refractivity contribution in [2.75, 3.05) is 19.5 Å². The third-order valence-corrected chi connectivity index (χ3v) is 3.45. The number of hydrogen-bond acceptors (Lipinski definition) is 4. The fourth-order valence-electron chi connectivity index (χ4n) is 1.83. The summed E-state index contributed by atoms with van der Waals surface area (Å²) in [6.07, 6.45) is 0. The lowest BCUT2D eigenvalue weighted by Crippen LogP contribution is -2.08. The molecule has 0 heterocycles. The number of nitrogens with one attached hydrogen (secondary N) is 1. The zero-order valence-corrected chi connectivity index (χ0v) is 13.2. The molecule has 2 rings (SSSR count). The molecule has 110 valence electrons. The number of hydrogen-bond donors (Lipinski definition) is 2. The van der Waals surface area contributed by atoms with E-state index < -0.39 is 0 Å². The Morgan fingerprint density at radius 1 is 1.10 bits per heavy atom. The van der Waals surface area contributed by atoms with Gasteiger partial charge in [0.1, 0.15) is 16.5 Å². The Labute approximate surface area is 133 Å². The summed E-state index contributed by atoms with van der Waals surface area (Å²) < 4.78 is 10.5. The normalized spacial score (nSPS) is 10.0. The van der Waals surface area contributed by atoms with E-state index in [4.69, 9.17) is 39.0 Å². The molecule has 0 spiro atoms. The van der Waals surface area contributed by atoms with Gasteiger partial charge in [0.25, 0.3) is 0 Å². The number of nitrogens with two attached hydrogens (primary N) is 1. The zero-order valence-electron chi connectivity index (χ0n) is 11.6. The second kappa shape index (κ2) is 6.65. The average Bonchev–Trinajstić information content (AvgIpc) is 2.49. The van der Waals surface area contributed by atoms with Crippen molar-refractivity contribution < 1.29 is 9.47 Å². The van der Waals surface area contributed by atoms with Crippen LogP contribution in [0, 0.1) is 0 Å². The Kier molecular flexibility index (Phi) is 4.88. The summed E-state index contributed by atoms with van der Waals surface area (Å²) in [6.45, 7) is 0. The molecule has 0 fully saturated rings. The van der Waals surface area contributed by atoms with Crippen molar-refractivity contribution in [3.05, 3.63) is 47.0 Å². The van der Waals surface area contributed by atoms with Crippen molar-refractivity contribution in [3.63, 3.8) is 0 Å². The standard InChI is InChI=1S/C15H15ClN2O2S/c1-19-13-8-12(14(20-2)7-11(13)16)18-10-5-3-9(4-6-10)15(17)21/h3-8,18H,1-2H3,(H2,17,21). The molecule has 21 heavy (non-hydrogen) atoms. The maximum absolute atomic E-state index is 6.08. The molecule has 0 saturated heterocycles. The third kappa shape index (κ3) is 3.56. The molecule has 2 aromatic carbocycles. The van der Waals surface area contributed by atoms with Gasteiger partial charge in [-0.15, -0.1) is 0 Å². The first-order valence-corrected chi connectivity index (χ1v) is 6.92. The molecule has 0 saturated carbocycles. The van der Waals surface area contributed by atoms with Crippen LogP contribution in [0.5, 0.6) is 11.5 Å². The molecule has 0 amide bonds. The van der Waals surface area contributed by atoms with E-state index in [1.807, 2.05) is 24.3 Å². The van der Waals surface area contributed by atoms with E-state index in [1.54, 1.807) is 26.4 Å². The lowest BCUT2D eigenvalue weighted by atomic mass is 10.2. The molecule has 0 atom stereocenters. The number of thiocarbonyl (C=S) groups is 1. The highest BCUT2D eigenvalue weighted by Crippen LogP contribution is 2.37. The first-order chi connectivity index (χ1) is 10.0. The first kappa shape index (κ1) is 15.4. The van der Waals surface area contributed by atoms with Crippen LogP contribution in [0.1, 0.15) is 5.56 Å². The van der Waals surface area contributed by atoms with Gasteiger partial charge in [0.15, 0.2) is 0 Å². The summed E-state index contributed by atoms with van der Waals surface area (Å²) in [6, 6.07) is 11.0. The van der Waals surface area contributed by atoms with Crippen LogP contribution in [0.25, 0.3) is 0 Å². The molecule has 0 aromatic heterocycles. The van der Waals surface area contributed by atoms with Gasteiger partial charge in [-0.25, -0.2) is 0 Å². The van der Waals surface area contributed by atoms with Crippen LogP contribution >= 0.6 is 23.8 Å². The minimum atomic E-state index is 0.368. The monoisotopic (exact) mass is 322 g/mol. The number of halogens is 1. The molecular formula is C15H15ClN2O2S. The van der Waals surface area contributed by atoms with Crippen LogP contribution in [0.4, 0.5) is 11.4 Å². The zero-order chi connectivity index (χ0) is 15.4. The molecule has 3 N–H and O–H groups in total. The van der Waals surface area contributed by atoms with Gasteiger partial charge in [0.2, 0.25) is 0 Å². The van der Waals surface area contributed by atoms with Gasteiger partial charge in [-0.3, -0.25) is 0 Å². The second-order valence-electron chi connectivity index (χ2n) is 4.25. The topological polar surface area (TPSA) is 56.5 Å². The highest BCUT2D eigenvalue weighted by Gasteiger charge is 2.10. The SMILES string of the molecule is COc1cc(Nc2ccc(C(N)=S)cc2)c(OC)cc1Cl. The van der Waals surface area contributed by atoms with E-state index in [9.17, 15) is 0 Å². The average molecular weight is 323 g/mol. The molecule has 0 unspecified atom stereocenters.